The molecule has 0 aliphatic heterocycles. The number of carbonyl (C=O) groups excluding carboxylic acids is 1. The zero-order chi connectivity index (χ0) is 16.8. The fourth-order valence-corrected chi connectivity index (χ4v) is 2.15. The molecule has 6 heteroatoms. The minimum Gasteiger partial charge on any atom is -0.467 e. The lowest BCUT2D eigenvalue weighted by Gasteiger charge is -2.07. The molecule has 0 aliphatic carbocycles. The van der Waals surface area contributed by atoms with Gasteiger partial charge >= 0.3 is 0 Å². The average Bonchev–Trinajstić information content (AvgIpc) is 3.14. The molecule has 0 spiro atoms. The summed E-state index contributed by atoms with van der Waals surface area (Å²) in [7, 11) is 0. The number of nitrogens with zero attached hydrogens (tertiary/aromatic N) is 2. The molecule has 0 saturated heterocycles. The van der Waals surface area contributed by atoms with Crippen molar-refractivity contribution in [1.29, 1.82) is 0 Å². The van der Waals surface area contributed by atoms with Crippen LogP contribution in [0.2, 0.25) is 0 Å². The van der Waals surface area contributed by atoms with Crippen LogP contribution in [0.3, 0.4) is 0 Å². The van der Waals surface area contributed by atoms with Crippen molar-refractivity contribution in [1.82, 2.24) is 15.3 Å². The number of rotatable bonds is 6. The third kappa shape index (κ3) is 3.98. The van der Waals surface area contributed by atoms with Gasteiger partial charge in [0.15, 0.2) is 0 Å². The standard InChI is InChI=1S/C18H18N4O2/c1-2-13-5-7-14(8-6-13)22-17-12-19-16(11-20-17)18(23)21-10-15-4-3-9-24-15/h3-9,11-12H,2,10H2,1H3,(H,20,22)(H,21,23). The van der Waals surface area contributed by atoms with Gasteiger partial charge in [-0.1, -0.05) is 19.1 Å². The fourth-order valence-electron chi connectivity index (χ4n) is 2.15. The summed E-state index contributed by atoms with van der Waals surface area (Å²) in [6.45, 7) is 2.43. The highest BCUT2D eigenvalue weighted by Gasteiger charge is 2.08. The molecule has 3 aromatic rings. The Balaban J connectivity index is 1.58. The predicted octanol–water partition coefficient (Wildman–Crippen LogP) is 3.31. The lowest BCUT2D eigenvalue weighted by atomic mass is 10.1. The Hall–Kier alpha value is -3.15. The number of hydrogen-bond acceptors (Lipinski definition) is 5. The number of aromatic nitrogens is 2. The van der Waals surface area contributed by atoms with Crippen LogP contribution in [-0.4, -0.2) is 15.9 Å². The van der Waals surface area contributed by atoms with Crippen molar-refractivity contribution < 1.29 is 9.21 Å². The molecule has 122 valence electrons. The van der Waals surface area contributed by atoms with E-state index in [9.17, 15) is 4.79 Å². The molecule has 0 aliphatic rings. The molecule has 6 nitrogen and oxygen atoms in total. The van der Waals surface area contributed by atoms with Crippen LogP contribution in [0.1, 0.15) is 28.7 Å². The Labute approximate surface area is 140 Å². The first-order valence-corrected chi connectivity index (χ1v) is 7.73. The number of amides is 1. The minimum atomic E-state index is -0.294. The first-order chi connectivity index (χ1) is 11.7. The van der Waals surface area contributed by atoms with E-state index in [1.54, 1.807) is 18.4 Å². The highest BCUT2D eigenvalue weighted by atomic mass is 16.3. The molecule has 0 fully saturated rings. The van der Waals surface area contributed by atoms with Gasteiger partial charge in [-0.2, -0.15) is 0 Å². The highest BCUT2D eigenvalue weighted by molar-refractivity contribution is 5.91. The largest absolute Gasteiger partial charge is 0.467 e. The van der Waals surface area contributed by atoms with Crippen molar-refractivity contribution in [2.75, 3.05) is 5.32 Å². The summed E-state index contributed by atoms with van der Waals surface area (Å²) >= 11 is 0. The van der Waals surface area contributed by atoms with Crippen molar-refractivity contribution in [3.8, 4) is 0 Å². The third-order valence-corrected chi connectivity index (χ3v) is 3.52. The molecule has 1 amide bonds. The Bertz CT molecular complexity index is 781. The van der Waals surface area contributed by atoms with Gasteiger partial charge in [0.1, 0.15) is 17.3 Å². The van der Waals surface area contributed by atoms with Crippen LogP contribution in [0.4, 0.5) is 11.5 Å². The minimum absolute atomic E-state index is 0.258. The molecular formula is C18H18N4O2. The lowest BCUT2D eigenvalue weighted by Crippen LogP contribution is -2.23. The van der Waals surface area contributed by atoms with E-state index < -0.39 is 0 Å². The van der Waals surface area contributed by atoms with Crippen molar-refractivity contribution in [3.05, 3.63) is 72.1 Å². The second-order valence-corrected chi connectivity index (χ2v) is 5.22. The Morgan fingerprint density at radius 3 is 2.58 bits per heavy atom. The molecule has 0 bridgehead atoms. The Kier molecular flexibility index (Phi) is 4.86. The van der Waals surface area contributed by atoms with Crippen molar-refractivity contribution in [2.24, 2.45) is 0 Å². The number of hydrogen-bond donors (Lipinski definition) is 2. The lowest BCUT2D eigenvalue weighted by molar-refractivity contribution is 0.0942. The molecule has 3 rings (SSSR count). The van der Waals surface area contributed by atoms with Gasteiger partial charge in [-0.15, -0.1) is 0 Å². The predicted molar refractivity (Wildman–Crippen MR) is 91.0 cm³/mol. The molecule has 0 atom stereocenters. The van der Waals surface area contributed by atoms with Crippen molar-refractivity contribution in [3.63, 3.8) is 0 Å². The van der Waals surface area contributed by atoms with Crippen molar-refractivity contribution in [2.45, 2.75) is 19.9 Å². The van der Waals surface area contributed by atoms with E-state index in [-0.39, 0.29) is 11.6 Å². The quantitative estimate of drug-likeness (QED) is 0.728. The number of nitrogens with one attached hydrogen (secondary N) is 2. The first kappa shape index (κ1) is 15.7. The summed E-state index contributed by atoms with van der Waals surface area (Å²) in [5.41, 5.74) is 2.46. The van der Waals surface area contributed by atoms with Gasteiger partial charge in [0, 0.05) is 5.69 Å². The van der Waals surface area contributed by atoms with Crippen LogP contribution in [0.25, 0.3) is 0 Å². The second-order valence-electron chi connectivity index (χ2n) is 5.22. The van der Waals surface area contributed by atoms with Gasteiger partial charge in [0.25, 0.3) is 5.91 Å². The smallest absolute Gasteiger partial charge is 0.271 e. The van der Waals surface area contributed by atoms with Crippen LogP contribution in [0.15, 0.2) is 59.5 Å². The molecule has 2 heterocycles. The van der Waals surface area contributed by atoms with E-state index in [2.05, 4.69) is 39.7 Å². The van der Waals surface area contributed by atoms with E-state index in [0.717, 1.165) is 12.1 Å². The number of aryl methyl sites for hydroxylation is 1. The van der Waals surface area contributed by atoms with E-state index in [4.69, 9.17) is 4.42 Å². The maximum Gasteiger partial charge on any atom is 0.271 e. The summed E-state index contributed by atoms with van der Waals surface area (Å²) in [4.78, 5) is 20.4. The summed E-state index contributed by atoms with van der Waals surface area (Å²) in [6, 6.07) is 11.7. The zero-order valence-electron chi connectivity index (χ0n) is 13.3. The van der Waals surface area contributed by atoms with Gasteiger partial charge in [0.2, 0.25) is 0 Å². The van der Waals surface area contributed by atoms with E-state index in [0.29, 0.717) is 18.1 Å². The van der Waals surface area contributed by atoms with Crippen LogP contribution in [0.5, 0.6) is 0 Å². The highest BCUT2D eigenvalue weighted by Crippen LogP contribution is 2.15. The summed E-state index contributed by atoms with van der Waals surface area (Å²) < 4.78 is 5.16. The molecule has 2 N–H and O–H groups in total. The Morgan fingerprint density at radius 2 is 1.96 bits per heavy atom. The van der Waals surface area contributed by atoms with E-state index in [1.807, 2.05) is 12.1 Å². The number of benzene rings is 1. The van der Waals surface area contributed by atoms with Crippen LogP contribution >= 0.6 is 0 Å². The topological polar surface area (TPSA) is 80.0 Å². The van der Waals surface area contributed by atoms with Crippen LogP contribution in [-0.2, 0) is 13.0 Å². The average molecular weight is 322 g/mol. The van der Waals surface area contributed by atoms with Gasteiger partial charge < -0.3 is 15.1 Å². The summed E-state index contributed by atoms with van der Waals surface area (Å²) in [6.07, 6.45) is 5.55. The summed E-state index contributed by atoms with van der Waals surface area (Å²) in [5, 5.41) is 5.88. The normalized spacial score (nSPS) is 10.4. The maximum absolute atomic E-state index is 12.0. The van der Waals surface area contributed by atoms with E-state index in [1.165, 1.54) is 18.0 Å². The van der Waals surface area contributed by atoms with E-state index >= 15 is 0 Å². The molecule has 1 aromatic carbocycles. The molecular weight excluding hydrogens is 304 g/mol. The van der Waals surface area contributed by atoms with Gasteiger partial charge in [-0.25, -0.2) is 9.97 Å². The number of carbonyl (C=O) groups is 1. The molecule has 2 aromatic heterocycles. The third-order valence-electron chi connectivity index (χ3n) is 3.52. The monoisotopic (exact) mass is 322 g/mol. The fraction of sp³-hybridized carbons (Fsp3) is 0.167. The van der Waals surface area contributed by atoms with Crippen LogP contribution in [0, 0.1) is 0 Å². The Morgan fingerprint density at radius 1 is 1.12 bits per heavy atom. The SMILES string of the molecule is CCc1ccc(Nc2cnc(C(=O)NCc3ccco3)cn2)cc1. The molecule has 0 unspecified atom stereocenters. The van der Waals surface area contributed by atoms with Gasteiger partial charge in [0.05, 0.1) is 25.2 Å². The number of furan rings is 1. The zero-order valence-corrected chi connectivity index (χ0v) is 13.3. The number of anilines is 2. The van der Waals surface area contributed by atoms with Crippen LogP contribution < -0.4 is 10.6 Å². The first-order valence-electron chi connectivity index (χ1n) is 7.73. The second kappa shape index (κ2) is 7.41. The molecule has 0 radical (unpaired) electrons. The van der Waals surface area contributed by atoms with Crippen molar-refractivity contribution >= 4 is 17.4 Å². The van der Waals surface area contributed by atoms with Gasteiger partial charge in [-0.05, 0) is 36.2 Å². The summed E-state index contributed by atoms with van der Waals surface area (Å²) in [5.74, 6) is 0.977. The maximum atomic E-state index is 12.0. The molecule has 0 saturated carbocycles. The molecule has 24 heavy (non-hydrogen) atoms. The van der Waals surface area contributed by atoms with Gasteiger partial charge in [-0.3, -0.25) is 4.79 Å².